The van der Waals surface area contributed by atoms with Gasteiger partial charge in [-0.25, -0.2) is 14.1 Å². The molecule has 1 amide bonds. The van der Waals surface area contributed by atoms with Crippen molar-refractivity contribution in [1.82, 2.24) is 25.2 Å². The molecule has 7 nitrogen and oxygen atoms in total. The van der Waals surface area contributed by atoms with E-state index in [1.807, 2.05) is 0 Å². The zero-order chi connectivity index (χ0) is 16.4. The largest absolute Gasteiger partial charge is 0.318 e. The van der Waals surface area contributed by atoms with E-state index in [1.165, 1.54) is 41.3 Å². The van der Waals surface area contributed by atoms with E-state index in [9.17, 15) is 9.18 Å². The van der Waals surface area contributed by atoms with Crippen LogP contribution in [-0.2, 0) is 0 Å². The van der Waals surface area contributed by atoms with Crippen molar-refractivity contribution < 1.29 is 9.18 Å². The first-order valence-electron chi connectivity index (χ1n) is 6.21. The van der Waals surface area contributed by atoms with Crippen LogP contribution in [0.4, 0.5) is 10.1 Å². The molecule has 0 saturated carbocycles. The predicted molar refractivity (Wildman–Crippen MR) is 81.3 cm³/mol. The molecule has 0 saturated heterocycles. The third kappa shape index (κ3) is 3.27. The van der Waals surface area contributed by atoms with Gasteiger partial charge in [-0.05, 0) is 40.8 Å². The van der Waals surface area contributed by atoms with E-state index < -0.39 is 11.7 Å². The second-order valence-corrected chi connectivity index (χ2v) is 5.13. The number of hydrogen-bond acceptors (Lipinski definition) is 5. The Morgan fingerprint density at radius 2 is 2.04 bits per heavy atom. The number of amides is 1. The molecule has 2 heterocycles. The van der Waals surface area contributed by atoms with Gasteiger partial charge in [-0.1, -0.05) is 23.2 Å². The van der Waals surface area contributed by atoms with Crippen LogP contribution < -0.4 is 5.32 Å². The van der Waals surface area contributed by atoms with Gasteiger partial charge < -0.3 is 5.32 Å². The average molecular weight is 353 g/mol. The Labute approximate surface area is 139 Å². The lowest BCUT2D eigenvalue weighted by Gasteiger charge is -2.09. The summed E-state index contributed by atoms with van der Waals surface area (Å²) < 4.78 is 15.2. The minimum atomic E-state index is -0.690. The molecule has 0 aliphatic heterocycles. The van der Waals surface area contributed by atoms with E-state index in [0.29, 0.717) is 5.69 Å². The first kappa shape index (κ1) is 15.3. The number of hydrogen-bond donors (Lipinski definition) is 1. The summed E-state index contributed by atoms with van der Waals surface area (Å²) in [5.41, 5.74) is 0.295. The van der Waals surface area contributed by atoms with Gasteiger partial charge in [0.1, 0.15) is 23.0 Å². The highest BCUT2D eigenvalue weighted by Crippen LogP contribution is 2.21. The van der Waals surface area contributed by atoms with Crippen LogP contribution in [0.5, 0.6) is 0 Å². The molecule has 116 valence electrons. The van der Waals surface area contributed by atoms with Gasteiger partial charge in [0.25, 0.3) is 5.91 Å². The quantitative estimate of drug-likeness (QED) is 0.732. The average Bonchev–Trinajstić information content (AvgIpc) is 3.06. The van der Waals surface area contributed by atoms with Gasteiger partial charge in [0, 0.05) is 0 Å². The maximum absolute atomic E-state index is 13.9. The molecule has 0 spiro atoms. The fourth-order valence-electron chi connectivity index (χ4n) is 1.79. The van der Waals surface area contributed by atoms with Crippen LogP contribution in [0.15, 0.2) is 36.7 Å². The molecule has 3 aromatic rings. The molecule has 1 N–H and O–H groups in total. The Morgan fingerprint density at radius 3 is 2.78 bits per heavy atom. The summed E-state index contributed by atoms with van der Waals surface area (Å²) in [4.78, 5) is 16.0. The van der Waals surface area contributed by atoms with Gasteiger partial charge in [-0.2, -0.15) is 0 Å². The number of pyridine rings is 1. The number of benzene rings is 1. The van der Waals surface area contributed by atoms with Gasteiger partial charge in [0.2, 0.25) is 0 Å². The van der Waals surface area contributed by atoms with E-state index in [4.69, 9.17) is 23.2 Å². The minimum Gasteiger partial charge on any atom is -0.318 e. The van der Waals surface area contributed by atoms with Crippen molar-refractivity contribution >= 4 is 34.8 Å². The van der Waals surface area contributed by atoms with E-state index >= 15 is 0 Å². The molecule has 3 rings (SSSR count). The van der Waals surface area contributed by atoms with Crippen LogP contribution in [0.3, 0.4) is 0 Å². The fraction of sp³-hybridized carbons (Fsp3) is 0. The van der Waals surface area contributed by atoms with Crippen molar-refractivity contribution in [2.24, 2.45) is 0 Å². The summed E-state index contributed by atoms with van der Waals surface area (Å²) in [6.45, 7) is 0. The molecular weight excluding hydrogens is 346 g/mol. The summed E-state index contributed by atoms with van der Waals surface area (Å²) in [5, 5.41) is 13.3. The number of nitrogens with zero attached hydrogens (tertiary/aromatic N) is 5. The van der Waals surface area contributed by atoms with Gasteiger partial charge >= 0.3 is 0 Å². The molecule has 0 aliphatic rings. The lowest BCUT2D eigenvalue weighted by molar-refractivity contribution is 0.102. The molecular formula is C13H7Cl2FN6O. The molecule has 0 aliphatic carbocycles. The number of carbonyl (C=O) groups is 1. The molecule has 0 unspecified atom stereocenters. The SMILES string of the molecule is O=C(Nc1cc(-n2cnnn2)ccc1F)c1nc(Cl)ccc1Cl. The van der Waals surface area contributed by atoms with Crippen molar-refractivity contribution in [1.29, 1.82) is 0 Å². The topological polar surface area (TPSA) is 85.6 Å². The molecule has 0 radical (unpaired) electrons. The van der Waals surface area contributed by atoms with E-state index in [0.717, 1.165) is 0 Å². The number of aromatic nitrogens is 5. The summed E-state index contributed by atoms with van der Waals surface area (Å²) in [6.07, 6.45) is 1.34. The van der Waals surface area contributed by atoms with Crippen molar-refractivity contribution in [3.8, 4) is 5.69 Å². The molecule has 10 heteroatoms. The monoisotopic (exact) mass is 352 g/mol. The zero-order valence-electron chi connectivity index (χ0n) is 11.2. The Hall–Kier alpha value is -2.58. The summed E-state index contributed by atoms with van der Waals surface area (Å²) in [7, 11) is 0. The van der Waals surface area contributed by atoms with Crippen molar-refractivity contribution in [2.45, 2.75) is 0 Å². The number of halogens is 3. The minimum absolute atomic E-state index is 0.0687. The molecule has 0 bridgehead atoms. The van der Waals surface area contributed by atoms with Crippen LogP contribution in [0.25, 0.3) is 5.69 Å². The smallest absolute Gasteiger partial charge is 0.275 e. The highest BCUT2D eigenvalue weighted by molar-refractivity contribution is 6.35. The standard InChI is InChI=1S/C13H7Cl2FN6O/c14-8-2-4-11(15)19-12(8)13(23)18-10-5-7(1-3-9(10)16)22-6-17-20-21-22/h1-6H,(H,18,23). The Balaban J connectivity index is 1.92. The summed E-state index contributed by atoms with van der Waals surface area (Å²) in [6, 6.07) is 6.90. The maximum atomic E-state index is 13.9. The third-order valence-corrected chi connectivity index (χ3v) is 3.35. The molecule has 23 heavy (non-hydrogen) atoms. The lowest BCUT2D eigenvalue weighted by atomic mass is 10.2. The first-order valence-corrected chi connectivity index (χ1v) is 6.96. The fourth-order valence-corrected chi connectivity index (χ4v) is 2.13. The molecule has 1 aromatic carbocycles. The number of anilines is 1. The summed E-state index contributed by atoms with van der Waals surface area (Å²) in [5.74, 6) is -1.32. The van der Waals surface area contributed by atoms with Crippen molar-refractivity contribution in [3.05, 3.63) is 58.3 Å². The predicted octanol–water partition coefficient (Wildman–Crippen LogP) is 2.76. The summed E-state index contributed by atoms with van der Waals surface area (Å²) >= 11 is 11.6. The van der Waals surface area contributed by atoms with Crippen LogP contribution >= 0.6 is 23.2 Å². The van der Waals surface area contributed by atoms with Gasteiger partial charge in [0.05, 0.1) is 16.4 Å². The maximum Gasteiger partial charge on any atom is 0.275 e. The number of nitrogens with one attached hydrogen (secondary N) is 1. The van der Waals surface area contributed by atoms with Gasteiger partial charge in [-0.15, -0.1) is 5.10 Å². The second kappa shape index (κ2) is 6.27. The number of carbonyl (C=O) groups excluding carboxylic acids is 1. The Kier molecular flexibility index (Phi) is 4.18. The van der Waals surface area contributed by atoms with Crippen LogP contribution in [0.1, 0.15) is 10.5 Å². The van der Waals surface area contributed by atoms with Crippen molar-refractivity contribution in [3.63, 3.8) is 0 Å². The second-order valence-electron chi connectivity index (χ2n) is 4.34. The van der Waals surface area contributed by atoms with Crippen molar-refractivity contribution in [2.75, 3.05) is 5.32 Å². The van der Waals surface area contributed by atoms with Gasteiger partial charge in [-0.3, -0.25) is 4.79 Å². The lowest BCUT2D eigenvalue weighted by Crippen LogP contribution is -2.15. The number of rotatable bonds is 3. The first-order chi connectivity index (χ1) is 11.0. The van der Waals surface area contributed by atoms with Crippen LogP contribution in [-0.4, -0.2) is 31.1 Å². The van der Waals surface area contributed by atoms with E-state index in [2.05, 4.69) is 25.8 Å². The highest BCUT2D eigenvalue weighted by atomic mass is 35.5. The van der Waals surface area contributed by atoms with Crippen LogP contribution in [0.2, 0.25) is 10.2 Å². The normalized spacial score (nSPS) is 10.6. The molecule has 0 fully saturated rings. The highest BCUT2D eigenvalue weighted by Gasteiger charge is 2.16. The number of tetrazole rings is 1. The van der Waals surface area contributed by atoms with Gasteiger partial charge in [0.15, 0.2) is 0 Å². The van der Waals surface area contributed by atoms with E-state index in [1.54, 1.807) is 0 Å². The molecule has 0 atom stereocenters. The Morgan fingerprint density at radius 1 is 1.22 bits per heavy atom. The zero-order valence-corrected chi connectivity index (χ0v) is 12.8. The molecule has 2 aromatic heterocycles. The third-order valence-electron chi connectivity index (χ3n) is 2.84. The Bertz CT molecular complexity index is 871. The van der Waals surface area contributed by atoms with E-state index in [-0.39, 0.29) is 21.6 Å². The van der Waals surface area contributed by atoms with Crippen LogP contribution in [0, 0.1) is 5.82 Å².